The molecule has 2 atom stereocenters. The first-order chi connectivity index (χ1) is 11.3. The van der Waals surface area contributed by atoms with E-state index in [0.717, 1.165) is 5.39 Å². The Balaban J connectivity index is 2.34. The van der Waals surface area contributed by atoms with Gasteiger partial charge in [-0.1, -0.05) is 29.8 Å². The van der Waals surface area contributed by atoms with E-state index in [2.05, 4.69) is 4.98 Å². The molecule has 1 aromatic heterocycles. The molecule has 0 saturated carbocycles. The highest BCUT2D eigenvalue weighted by Gasteiger charge is 2.46. The molecule has 0 spiro atoms. The van der Waals surface area contributed by atoms with E-state index < -0.39 is 20.8 Å². The summed E-state index contributed by atoms with van der Waals surface area (Å²) in [6.07, 6.45) is 4.44. The molecule has 0 saturated heterocycles. The molecule has 0 radical (unpaired) electrons. The van der Waals surface area contributed by atoms with E-state index in [9.17, 15) is 13.7 Å². The number of sulfonamides is 1. The predicted octanol–water partition coefficient (Wildman–Crippen LogP) is 2.47. The lowest BCUT2D eigenvalue weighted by Crippen LogP contribution is -2.35. The molecule has 1 aliphatic rings. The minimum absolute atomic E-state index is 0.166. The van der Waals surface area contributed by atoms with Crippen LogP contribution in [0.25, 0.3) is 10.9 Å². The normalized spacial score (nSPS) is 24.2. The van der Waals surface area contributed by atoms with Gasteiger partial charge in [-0.05, 0) is 29.2 Å². The van der Waals surface area contributed by atoms with Crippen LogP contribution in [0, 0.1) is 11.3 Å². The maximum atomic E-state index is 12.2. The molecule has 24 heavy (non-hydrogen) atoms. The molecule has 3 rings (SSSR count). The third-order valence-corrected chi connectivity index (χ3v) is 5.43. The number of nitriles is 1. The van der Waals surface area contributed by atoms with Crippen LogP contribution in [0.15, 0.2) is 53.3 Å². The molecule has 0 bridgehead atoms. The van der Waals surface area contributed by atoms with Gasteiger partial charge in [0, 0.05) is 11.7 Å². The van der Waals surface area contributed by atoms with E-state index in [0.29, 0.717) is 11.1 Å². The molecule has 8 heteroatoms. The highest BCUT2D eigenvalue weighted by Crippen LogP contribution is 2.47. The van der Waals surface area contributed by atoms with Crippen molar-refractivity contribution in [2.24, 2.45) is 5.14 Å². The number of para-hydroxylation sites is 1. The third-order valence-electron chi connectivity index (χ3n) is 4.01. The number of allylic oxidation sites excluding steroid dienone is 3. The standard InChI is InChI=1S/C16H14ClN3O3S/c1-23-11-7-13(24(19,21)22)14(16(17,8-11)9-18)12-4-2-3-10-5-6-20-15(10)12/h2-8,14,20H,1H3,(H2,19,21,22). The lowest BCUT2D eigenvalue weighted by molar-refractivity contribution is 0.301. The van der Waals surface area contributed by atoms with Crippen LogP contribution in [-0.4, -0.2) is 25.4 Å². The molecule has 1 aliphatic carbocycles. The van der Waals surface area contributed by atoms with Crippen molar-refractivity contribution < 1.29 is 13.2 Å². The number of nitrogens with two attached hydrogens (primary N) is 1. The third kappa shape index (κ3) is 2.59. The van der Waals surface area contributed by atoms with Crippen molar-refractivity contribution >= 4 is 32.5 Å². The number of nitrogens with one attached hydrogen (secondary N) is 1. The van der Waals surface area contributed by atoms with Gasteiger partial charge in [-0.2, -0.15) is 5.26 Å². The first-order valence-electron chi connectivity index (χ1n) is 6.97. The van der Waals surface area contributed by atoms with E-state index in [-0.39, 0.29) is 10.7 Å². The molecular formula is C16H14ClN3O3S. The Bertz CT molecular complexity index is 1020. The Morgan fingerprint density at radius 2 is 2.17 bits per heavy atom. The van der Waals surface area contributed by atoms with Crippen LogP contribution in [0.4, 0.5) is 0 Å². The van der Waals surface area contributed by atoms with E-state index in [1.54, 1.807) is 18.3 Å². The zero-order valence-electron chi connectivity index (χ0n) is 12.7. The number of H-pyrrole nitrogens is 1. The molecule has 0 fully saturated rings. The van der Waals surface area contributed by atoms with Crippen molar-refractivity contribution in [1.82, 2.24) is 4.98 Å². The number of rotatable bonds is 3. The molecule has 3 N–H and O–H groups in total. The monoisotopic (exact) mass is 363 g/mol. The van der Waals surface area contributed by atoms with Crippen LogP contribution in [0.2, 0.25) is 0 Å². The van der Waals surface area contributed by atoms with Gasteiger partial charge in [-0.3, -0.25) is 0 Å². The van der Waals surface area contributed by atoms with Crippen LogP contribution in [0.3, 0.4) is 0 Å². The predicted molar refractivity (Wildman–Crippen MR) is 91.5 cm³/mol. The molecule has 124 valence electrons. The lowest BCUT2D eigenvalue weighted by Gasteiger charge is -2.32. The second-order valence-corrected chi connectivity index (χ2v) is 7.63. The fourth-order valence-electron chi connectivity index (χ4n) is 2.95. The van der Waals surface area contributed by atoms with Crippen molar-refractivity contribution in [3.63, 3.8) is 0 Å². The van der Waals surface area contributed by atoms with Gasteiger partial charge in [-0.15, -0.1) is 0 Å². The van der Waals surface area contributed by atoms with Gasteiger partial charge < -0.3 is 9.72 Å². The number of hydrogen-bond donors (Lipinski definition) is 2. The first-order valence-corrected chi connectivity index (χ1v) is 8.90. The van der Waals surface area contributed by atoms with Gasteiger partial charge in [0.15, 0.2) is 4.87 Å². The SMILES string of the molecule is COC1=CC(Cl)(C#N)C(c2cccc3cc[nH]c23)C(S(N)(=O)=O)=C1. The number of benzene rings is 1. The quantitative estimate of drug-likeness (QED) is 0.816. The Morgan fingerprint density at radius 3 is 2.79 bits per heavy atom. The first kappa shape index (κ1) is 16.6. The Labute approximate surface area is 144 Å². The van der Waals surface area contributed by atoms with Gasteiger partial charge in [0.1, 0.15) is 5.76 Å². The number of primary sulfonamides is 1. The van der Waals surface area contributed by atoms with Crippen LogP contribution >= 0.6 is 11.6 Å². The minimum atomic E-state index is -4.11. The molecule has 6 nitrogen and oxygen atoms in total. The summed E-state index contributed by atoms with van der Waals surface area (Å²) in [4.78, 5) is 1.24. The summed E-state index contributed by atoms with van der Waals surface area (Å²) in [7, 11) is -2.74. The van der Waals surface area contributed by atoms with Gasteiger partial charge >= 0.3 is 0 Å². The smallest absolute Gasteiger partial charge is 0.235 e. The fraction of sp³-hybridized carbons (Fsp3) is 0.188. The number of halogens is 1. The summed E-state index contributed by atoms with van der Waals surface area (Å²) in [5, 5.41) is 15.9. The van der Waals surface area contributed by atoms with Crippen LogP contribution in [0.5, 0.6) is 0 Å². The van der Waals surface area contributed by atoms with Gasteiger partial charge in [0.2, 0.25) is 10.0 Å². The maximum absolute atomic E-state index is 12.2. The summed E-state index contributed by atoms with van der Waals surface area (Å²) in [6.45, 7) is 0. The summed E-state index contributed by atoms with van der Waals surface area (Å²) < 4.78 is 29.4. The molecule has 1 heterocycles. The molecule has 1 aromatic carbocycles. The highest BCUT2D eigenvalue weighted by atomic mass is 35.5. The van der Waals surface area contributed by atoms with Crippen molar-refractivity contribution in [2.75, 3.05) is 7.11 Å². The van der Waals surface area contributed by atoms with E-state index in [1.807, 2.05) is 18.2 Å². The largest absolute Gasteiger partial charge is 0.497 e. The van der Waals surface area contributed by atoms with E-state index >= 15 is 0 Å². The average molecular weight is 364 g/mol. The number of hydrogen-bond acceptors (Lipinski definition) is 4. The maximum Gasteiger partial charge on any atom is 0.235 e. The molecule has 0 aliphatic heterocycles. The van der Waals surface area contributed by atoms with E-state index in [1.165, 1.54) is 19.3 Å². The zero-order valence-corrected chi connectivity index (χ0v) is 14.2. The summed E-state index contributed by atoms with van der Waals surface area (Å²) in [6, 6.07) is 9.21. The Hall–Kier alpha value is -2.27. The Morgan fingerprint density at radius 1 is 1.42 bits per heavy atom. The number of alkyl halides is 1. The van der Waals surface area contributed by atoms with E-state index in [4.69, 9.17) is 21.5 Å². The topological polar surface area (TPSA) is 109 Å². The minimum Gasteiger partial charge on any atom is -0.497 e. The van der Waals surface area contributed by atoms with Gasteiger partial charge in [0.05, 0.1) is 24.0 Å². The number of fused-ring (bicyclic) bond motifs is 1. The van der Waals surface area contributed by atoms with Crippen LogP contribution < -0.4 is 5.14 Å². The second-order valence-electron chi connectivity index (χ2n) is 5.44. The van der Waals surface area contributed by atoms with Gasteiger partial charge in [0.25, 0.3) is 0 Å². The lowest BCUT2D eigenvalue weighted by atomic mass is 9.81. The van der Waals surface area contributed by atoms with Gasteiger partial charge in [-0.25, -0.2) is 13.6 Å². The fourth-order valence-corrected chi connectivity index (χ4v) is 4.28. The Kier molecular flexibility index (Phi) is 3.92. The molecule has 2 aromatic rings. The highest BCUT2D eigenvalue weighted by molar-refractivity contribution is 7.93. The number of aromatic nitrogens is 1. The van der Waals surface area contributed by atoms with Crippen molar-refractivity contribution in [2.45, 2.75) is 10.8 Å². The zero-order chi connectivity index (χ0) is 17.5. The summed E-state index contributed by atoms with van der Waals surface area (Å²) >= 11 is 6.51. The number of ether oxygens (including phenoxy) is 1. The van der Waals surface area contributed by atoms with Crippen molar-refractivity contribution in [3.05, 3.63) is 58.8 Å². The molecule has 0 amide bonds. The van der Waals surface area contributed by atoms with Crippen LogP contribution in [0.1, 0.15) is 11.5 Å². The van der Waals surface area contributed by atoms with Crippen LogP contribution in [-0.2, 0) is 14.8 Å². The average Bonchev–Trinajstić information content (AvgIpc) is 3.02. The second kappa shape index (κ2) is 5.67. The van der Waals surface area contributed by atoms with Crippen molar-refractivity contribution in [3.8, 4) is 6.07 Å². The number of nitrogens with zero attached hydrogens (tertiary/aromatic N) is 1. The van der Waals surface area contributed by atoms with Crippen molar-refractivity contribution in [1.29, 1.82) is 5.26 Å². The summed E-state index contributed by atoms with van der Waals surface area (Å²) in [5.41, 5.74) is 1.27. The number of aromatic amines is 1. The molecule has 2 unspecified atom stereocenters. The molecular weight excluding hydrogens is 350 g/mol. The number of methoxy groups -OCH3 is 1. The summed E-state index contributed by atoms with van der Waals surface area (Å²) in [5.74, 6) is -0.800.